The van der Waals surface area contributed by atoms with Gasteiger partial charge in [-0.15, -0.1) is 0 Å². The molecule has 3 rings (SSSR count). The highest BCUT2D eigenvalue weighted by molar-refractivity contribution is 5.93. The molecule has 0 aliphatic heterocycles. The highest BCUT2D eigenvalue weighted by atomic mass is 16.4. The zero-order valence-electron chi connectivity index (χ0n) is 13.9. The maximum atomic E-state index is 10.9. The Labute approximate surface area is 141 Å². The topological polar surface area (TPSA) is 55.1 Å². The van der Waals surface area contributed by atoms with E-state index in [1.165, 1.54) is 11.1 Å². The Bertz CT molecular complexity index is 824. The second-order valence-corrected chi connectivity index (χ2v) is 6.21. The van der Waals surface area contributed by atoms with E-state index in [4.69, 9.17) is 5.11 Å². The predicted molar refractivity (Wildman–Crippen MR) is 95.8 cm³/mol. The molecule has 0 amide bonds. The Morgan fingerprint density at radius 2 is 1.96 bits per heavy atom. The monoisotopic (exact) mass is 322 g/mol. The zero-order chi connectivity index (χ0) is 16.9. The van der Waals surface area contributed by atoms with Gasteiger partial charge >= 0.3 is 5.97 Å². The van der Waals surface area contributed by atoms with E-state index in [0.717, 1.165) is 30.4 Å². The van der Waals surface area contributed by atoms with Crippen LogP contribution in [0.2, 0.25) is 0 Å². The molecule has 0 spiro atoms. The second-order valence-electron chi connectivity index (χ2n) is 6.21. The van der Waals surface area contributed by atoms with Gasteiger partial charge in [-0.25, -0.2) is 4.98 Å². The lowest BCUT2D eigenvalue weighted by atomic mass is 10.0. The lowest BCUT2D eigenvalue weighted by Gasteiger charge is -2.07. The van der Waals surface area contributed by atoms with E-state index in [0.29, 0.717) is 6.42 Å². The molecule has 1 aromatic carbocycles. The molecule has 0 bridgehead atoms. The summed E-state index contributed by atoms with van der Waals surface area (Å²) in [6.45, 7) is 2.62. The molecule has 0 saturated carbocycles. The number of aryl methyl sites for hydroxylation is 1. The number of pyridine rings is 1. The molecule has 4 nitrogen and oxygen atoms in total. The number of nitrogens with zero attached hydrogens (tertiary/aromatic N) is 2. The van der Waals surface area contributed by atoms with Crippen LogP contribution in [0, 0.1) is 5.92 Å². The number of fused-ring (bicyclic) bond motifs is 1. The smallest absolute Gasteiger partial charge is 0.306 e. The highest BCUT2D eigenvalue weighted by Gasteiger charge is 2.12. The first-order valence-electron chi connectivity index (χ1n) is 8.39. The van der Waals surface area contributed by atoms with E-state index >= 15 is 0 Å². The zero-order valence-corrected chi connectivity index (χ0v) is 13.9. The van der Waals surface area contributed by atoms with Gasteiger partial charge in [0, 0.05) is 29.9 Å². The number of aromatic nitrogens is 2. The maximum absolute atomic E-state index is 10.9. The number of carboxylic acids is 1. The Morgan fingerprint density at radius 1 is 1.17 bits per heavy atom. The minimum Gasteiger partial charge on any atom is -0.481 e. The summed E-state index contributed by atoms with van der Waals surface area (Å²) in [5.74, 6) is -0.987. The third-order valence-electron chi connectivity index (χ3n) is 4.43. The van der Waals surface area contributed by atoms with Gasteiger partial charge in [0.2, 0.25) is 0 Å². The summed E-state index contributed by atoms with van der Waals surface area (Å²) in [5, 5.41) is 10.1. The maximum Gasteiger partial charge on any atom is 0.306 e. The minimum absolute atomic E-state index is 0.274. The van der Waals surface area contributed by atoms with Crippen molar-refractivity contribution in [1.82, 2.24) is 9.55 Å². The molecule has 0 aliphatic carbocycles. The lowest BCUT2D eigenvalue weighted by Crippen LogP contribution is -2.09. The summed E-state index contributed by atoms with van der Waals surface area (Å²) < 4.78 is 2.18. The van der Waals surface area contributed by atoms with Gasteiger partial charge in [0.1, 0.15) is 5.65 Å². The van der Waals surface area contributed by atoms with Crippen molar-refractivity contribution in [2.75, 3.05) is 0 Å². The Balaban J connectivity index is 1.78. The first-order valence-corrected chi connectivity index (χ1v) is 8.39. The number of hydrogen-bond donors (Lipinski definition) is 1. The van der Waals surface area contributed by atoms with Gasteiger partial charge in [-0.05, 0) is 30.5 Å². The van der Waals surface area contributed by atoms with Crippen LogP contribution in [0.1, 0.15) is 26.2 Å². The molecule has 0 unspecified atom stereocenters. The molecule has 1 atom stereocenters. The molecule has 0 aliphatic rings. The van der Waals surface area contributed by atoms with E-state index in [2.05, 4.69) is 33.9 Å². The van der Waals surface area contributed by atoms with Crippen molar-refractivity contribution >= 4 is 17.0 Å². The van der Waals surface area contributed by atoms with Crippen LogP contribution < -0.4 is 0 Å². The Hall–Kier alpha value is -2.62. The van der Waals surface area contributed by atoms with Crippen LogP contribution >= 0.6 is 0 Å². The summed E-state index contributed by atoms with van der Waals surface area (Å²) >= 11 is 0. The van der Waals surface area contributed by atoms with Gasteiger partial charge in [-0.2, -0.15) is 0 Å². The average Bonchev–Trinajstić information content (AvgIpc) is 2.98. The van der Waals surface area contributed by atoms with E-state index < -0.39 is 5.97 Å². The van der Waals surface area contributed by atoms with Crippen molar-refractivity contribution in [3.8, 4) is 11.1 Å². The Morgan fingerprint density at radius 3 is 2.71 bits per heavy atom. The fraction of sp³-hybridized carbons (Fsp3) is 0.300. The van der Waals surface area contributed by atoms with Crippen LogP contribution in [-0.4, -0.2) is 20.6 Å². The number of aliphatic carboxylic acids is 1. The predicted octanol–water partition coefficient (Wildman–Crippen LogP) is 4.59. The van der Waals surface area contributed by atoms with Gasteiger partial charge in [0.25, 0.3) is 0 Å². The fourth-order valence-corrected chi connectivity index (χ4v) is 3.00. The number of unbranched alkanes of at least 4 members (excludes halogenated alkanes) is 1. The summed E-state index contributed by atoms with van der Waals surface area (Å²) in [4.78, 5) is 15.4. The third-order valence-corrected chi connectivity index (χ3v) is 4.43. The van der Waals surface area contributed by atoms with Crippen molar-refractivity contribution in [2.45, 2.75) is 32.7 Å². The summed E-state index contributed by atoms with van der Waals surface area (Å²) in [7, 11) is 0. The number of carbonyl (C=O) groups is 1. The minimum atomic E-state index is -0.713. The molecular weight excluding hydrogens is 300 g/mol. The number of benzene rings is 1. The summed E-state index contributed by atoms with van der Waals surface area (Å²) in [6.07, 6.45) is 6.55. The molecule has 0 saturated heterocycles. The third kappa shape index (κ3) is 3.48. The molecule has 0 radical (unpaired) electrons. The summed E-state index contributed by atoms with van der Waals surface area (Å²) in [6, 6.07) is 14.4. The van der Waals surface area contributed by atoms with Crippen molar-refractivity contribution in [1.29, 1.82) is 0 Å². The van der Waals surface area contributed by atoms with Crippen molar-refractivity contribution in [3.63, 3.8) is 0 Å². The van der Waals surface area contributed by atoms with Gasteiger partial charge < -0.3 is 9.67 Å². The molecule has 0 fully saturated rings. The molecule has 2 aromatic heterocycles. The van der Waals surface area contributed by atoms with Gasteiger partial charge in [-0.3, -0.25) is 4.79 Å². The molecule has 124 valence electrons. The van der Waals surface area contributed by atoms with Crippen LogP contribution in [0.15, 0.2) is 54.9 Å². The van der Waals surface area contributed by atoms with Crippen LogP contribution in [0.4, 0.5) is 0 Å². The molecule has 24 heavy (non-hydrogen) atoms. The standard InChI is InChI=1S/C20H22N2O2/c1-15(20(23)24)8-5-6-13-22-14-18(16-9-3-2-4-10-16)17-11-7-12-21-19(17)22/h2-4,7,9-12,14-15H,5-6,8,13H2,1H3,(H,23,24)/t15-/m1/s1. The van der Waals surface area contributed by atoms with Gasteiger partial charge in [-0.1, -0.05) is 43.7 Å². The first-order chi connectivity index (χ1) is 11.7. The van der Waals surface area contributed by atoms with Crippen molar-refractivity contribution in [3.05, 3.63) is 54.9 Å². The average molecular weight is 322 g/mol. The van der Waals surface area contributed by atoms with E-state index in [1.807, 2.05) is 30.5 Å². The molecule has 1 N–H and O–H groups in total. The molecule has 4 heteroatoms. The van der Waals surface area contributed by atoms with E-state index in [9.17, 15) is 4.79 Å². The number of hydrogen-bond acceptors (Lipinski definition) is 2. The van der Waals surface area contributed by atoms with Crippen LogP contribution in [0.25, 0.3) is 22.2 Å². The van der Waals surface area contributed by atoms with Crippen molar-refractivity contribution in [2.24, 2.45) is 5.92 Å². The molecule has 3 aromatic rings. The SMILES string of the molecule is C[C@H](CCCCn1cc(-c2ccccc2)c2cccnc21)C(=O)O. The van der Waals surface area contributed by atoms with Crippen molar-refractivity contribution < 1.29 is 9.90 Å². The second kappa shape index (κ2) is 7.30. The normalized spacial score (nSPS) is 12.4. The van der Waals surface area contributed by atoms with Crippen LogP contribution in [0.3, 0.4) is 0 Å². The van der Waals surface area contributed by atoms with Gasteiger partial charge in [0.05, 0.1) is 5.92 Å². The summed E-state index contributed by atoms with van der Waals surface area (Å²) in [5.41, 5.74) is 3.37. The number of rotatable bonds is 7. The Kier molecular flexibility index (Phi) is 4.94. The largest absolute Gasteiger partial charge is 0.481 e. The van der Waals surface area contributed by atoms with Crippen LogP contribution in [-0.2, 0) is 11.3 Å². The van der Waals surface area contributed by atoms with E-state index in [1.54, 1.807) is 6.92 Å². The first kappa shape index (κ1) is 16.2. The molecule has 2 heterocycles. The highest BCUT2D eigenvalue weighted by Crippen LogP contribution is 2.29. The quantitative estimate of drug-likeness (QED) is 0.647. The van der Waals surface area contributed by atoms with Gasteiger partial charge in [0.15, 0.2) is 0 Å². The van der Waals surface area contributed by atoms with Crippen LogP contribution in [0.5, 0.6) is 0 Å². The number of carboxylic acid groups (broad SMARTS) is 1. The van der Waals surface area contributed by atoms with E-state index in [-0.39, 0.29) is 5.92 Å². The fourth-order valence-electron chi connectivity index (χ4n) is 3.00. The lowest BCUT2D eigenvalue weighted by molar-refractivity contribution is -0.141. The molecular formula is C20H22N2O2.